The van der Waals surface area contributed by atoms with E-state index in [1.807, 2.05) is 47.8 Å². The van der Waals surface area contributed by atoms with Crippen LogP contribution in [0.4, 0.5) is 4.39 Å². The molecule has 0 unspecified atom stereocenters. The van der Waals surface area contributed by atoms with Crippen molar-refractivity contribution in [1.82, 2.24) is 14.7 Å². The lowest BCUT2D eigenvalue weighted by Gasteiger charge is -2.22. The summed E-state index contributed by atoms with van der Waals surface area (Å²) in [6.07, 6.45) is 1.58. The van der Waals surface area contributed by atoms with Gasteiger partial charge in [0, 0.05) is 18.7 Å². The number of amides is 1. The molecule has 0 aliphatic heterocycles. The largest absolute Gasteiger partial charge is 0.467 e. The van der Waals surface area contributed by atoms with E-state index < -0.39 is 5.82 Å². The summed E-state index contributed by atoms with van der Waals surface area (Å²) in [6.45, 7) is 0.479. The number of carbonyl (C=O) groups excluding carboxylic acids is 1. The third-order valence-corrected chi connectivity index (χ3v) is 6.30. The molecule has 6 nitrogen and oxygen atoms in total. The van der Waals surface area contributed by atoms with Crippen molar-refractivity contribution in [2.45, 2.75) is 13.1 Å². The van der Waals surface area contributed by atoms with Crippen molar-refractivity contribution in [3.05, 3.63) is 113 Å². The third-order valence-electron chi connectivity index (χ3n) is 5.44. The molecule has 8 heteroatoms. The molecule has 0 aliphatic rings. The summed E-state index contributed by atoms with van der Waals surface area (Å²) in [6, 6.07) is 22.9. The second-order valence-electron chi connectivity index (χ2n) is 7.90. The SMILES string of the molecule is Cn1nc(-c2ccccc2)c(CN(Cc2ccco2)C(=O)c2cccs2)c1Oc1cccc(F)c1. The summed E-state index contributed by atoms with van der Waals surface area (Å²) in [4.78, 5) is 15.8. The van der Waals surface area contributed by atoms with E-state index in [0.717, 1.165) is 5.56 Å². The predicted molar refractivity (Wildman–Crippen MR) is 132 cm³/mol. The van der Waals surface area contributed by atoms with Gasteiger partial charge in [-0.2, -0.15) is 5.10 Å². The second-order valence-corrected chi connectivity index (χ2v) is 8.85. The Labute approximate surface area is 205 Å². The molecule has 2 aromatic carbocycles. The average Bonchev–Trinajstić information content (AvgIpc) is 3.63. The van der Waals surface area contributed by atoms with Crippen molar-refractivity contribution in [2.24, 2.45) is 7.05 Å². The average molecular weight is 488 g/mol. The van der Waals surface area contributed by atoms with Crippen molar-refractivity contribution < 1.29 is 18.3 Å². The van der Waals surface area contributed by atoms with Gasteiger partial charge < -0.3 is 14.1 Å². The minimum atomic E-state index is -0.401. The predicted octanol–water partition coefficient (Wildman–Crippen LogP) is 6.52. The summed E-state index contributed by atoms with van der Waals surface area (Å²) in [5.74, 6) is 0.902. The van der Waals surface area contributed by atoms with E-state index in [2.05, 4.69) is 0 Å². The highest BCUT2D eigenvalue weighted by Gasteiger charge is 2.26. The fraction of sp³-hybridized carbons (Fsp3) is 0.111. The third kappa shape index (κ3) is 5.02. The standard InChI is InChI=1S/C27H22FN3O3S/c1-30-27(34-21-11-5-10-20(28)16-21)23(25(29-30)19-8-3-2-4-9-19)18-31(17-22-12-6-14-33-22)26(32)24-13-7-15-35-24/h2-16H,17-18H2,1H3. The van der Waals surface area contributed by atoms with Gasteiger partial charge in [-0.1, -0.05) is 42.5 Å². The lowest BCUT2D eigenvalue weighted by molar-refractivity contribution is 0.0722. The minimum Gasteiger partial charge on any atom is -0.467 e. The van der Waals surface area contributed by atoms with E-state index in [9.17, 15) is 9.18 Å². The topological polar surface area (TPSA) is 60.5 Å². The maximum Gasteiger partial charge on any atom is 0.264 e. The fourth-order valence-electron chi connectivity index (χ4n) is 3.83. The molecule has 0 spiro atoms. The molecule has 0 radical (unpaired) electrons. The Balaban J connectivity index is 1.58. The highest BCUT2D eigenvalue weighted by atomic mass is 32.1. The molecular formula is C27H22FN3O3S. The molecule has 0 fully saturated rings. The van der Waals surface area contributed by atoms with Gasteiger partial charge in [-0.3, -0.25) is 4.79 Å². The number of hydrogen-bond donors (Lipinski definition) is 0. The van der Waals surface area contributed by atoms with Crippen LogP contribution in [0.3, 0.4) is 0 Å². The molecule has 0 saturated heterocycles. The molecule has 5 aromatic rings. The zero-order valence-electron chi connectivity index (χ0n) is 18.9. The normalized spacial score (nSPS) is 10.9. The molecule has 0 aliphatic carbocycles. The Kier molecular flexibility index (Phi) is 6.45. The Hall–Kier alpha value is -4.17. The molecule has 176 valence electrons. The Morgan fingerprint density at radius 1 is 1.06 bits per heavy atom. The summed E-state index contributed by atoms with van der Waals surface area (Å²) in [7, 11) is 1.77. The minimum absolute atomic E-state index is 0.129. The van der Waals surface area contributed by atoms with Crippen molar-refractivity contribution >= 4 is 17.2 Å². The van der Waals surface area contributed by atoms with Crippen molar-refractivity contribution in [2.75, 3.05) is 0 Å². The van der Waals surface area contributed by atoms with Crippen molar-refractivity contribution in [1.29, 1.82) is 0 Å². The van der Waals surface area contributed by atoms with Gasteiger partial charge >= 0.3 is 0 Å². The first-order valence-electron chi connectivity index (χ1n) is 11.0. The summed E-state index contributed by atoms with van der Waals surface area (Å²) in [5, 5.41) is 6.58. The van der Waals surface area contributed by atoms with Crippen molar-refractivity contribution in [3.8, 4) is 22.9 Å². The second kappa shape index (κ2) is 9.99. The van der Waals surface area contributed by atoms with E-state index in [-0.39, 0.29) is 19.0 Å². The van der Waals surface area contributed by atoms with Crippen molar-refractivity contribution in [3.63, 3.8) is 0 Å². The van der Waals surface area contributed by atoms with E-state index >= 15 is 0 Å². The Morgan fingerprint density at radius 3 is 2.63 bits per heavy atom. The van der Waals surface area contributed by atoms with Crippen LogP contribution in [0.25, 0.3) is 11.3 Å². The zero-order chi connectivity index (χ0) is 24.2. The van der Waals surface area contributed by atoms with E-state index in [1.165, 1.54) is 23.5 Å². The lowest BCUT2D eigenvalue weighted by Crippen LogP contribution is -2.29. The van der Waals surface area contributed by atoms with Gasteiger partial charge in [0.05, 0.1) is 29.8 Å². The van der Waals surface area contributed by atoms with Crippen LogP contribution < -0.4 is 4.74 Å². The summed E-state index contributed by atoms with van der Waals surface area (Å²) >= 11 is 1.38. The van der Waals surface area contributed by atoms with Gasteiger partial charge in [-0.15, -0.1) is 11.3 Å². The number of rotatable bonds is 8. The quantitative estimate of drug-likeness (QED) is 0.250. The first-order valence-corrected chi connectivity index (χ1v) is 11.9. The van der Waals surface area contributed by atoms with Gasteiger partial charge in [-0.05, 0) is 35.7 Å². The smallest absolute Gasteiger partial charge is 0.264 e. The number of carbonyl (C=O) groups is 1. The molecule has 0 atom stereocenters. The lowest BCUT2D eigenvalue weighted by atomic mass is 10.1. The van der Waals surface area contributed by atoms with E-state index in [4.69, 9.17) is 14.3 Å². The van der Waals surface area contributed by atoms with Crippen LogP contribution in [0.5, 0.6) is 11.6 Å². The Bertz CT molecular complexity index is 1410. The molecule has 5 rings (SSSR count). The molecule has 0 bridgehead atoms. The van der Waals surface area contributed by atoms with Crippen LogP contribution in [0.1, 0.15) is 21.0 Å². The van der Waals surface area contributed by atoms with E-state index in [0.29, 0.717) is 33.5 Å². The number of hydrogen-bond acceptors (Lipinski definition) is 5. The van der Waals surface area contributed by atoms with Gasteiger partial charge in [0.25, 0.3) is 5.91 Å². The van der Waals surface area contributed by atoms with Gasteiger partial charge in [0.15, 0.2) is 0 Å². The number of thiophene rings is 1. The van der Waals surface area contributed by atoms with Gasteiger partial charge in [0.2, 0.25) is 5.88 Å². The van der Waals surface area contributed by atoms with Crippen LogP contribution in [-0.2, 0) is 20.1 Å². The molecule has 3 aromatic heterocycles. The first-order chi connectivity index (χ1) is 17.1. The number of nitrogens with zero attached hydrogens (tertiary/aromatic N) is 3. The fourth-order valence-corrected chi connectivity index (χ4v) is 4.52. The number of aromatic nitrogens is 2. The number of aryl methyl sites for hydroxylation is 1. The zero-order valence-corrected chi connectivity index (χ0v) is 19.7. The highest BCUT2D eigenvalue weighted by Crippen LogP contribution is 2.35. The monoisotopic (exact) mass is 487 g/mol. The number of ether oxygens (including phenoxy) is 1. The Morgan fingerprint density at radius 2 is 1.91 bits per heavy atom. The van der Waals surface area contributed by atoms with Crippen LogP contribution >= 0.6 is 11.3 Å². The number of furan rings is 1. The maximum atomic E-state index is 13.9. The number of benzene rings is 2. The maximum absolute atomic E-state index is 13.9. The summed E-state index contributed by atoms with van der Waals surface area (Å²) in [5.41, 5.74) is 2.27. The molecule has 1 amide bonds. The van der Waals surface area contributed by atoms with Gasteiger partial charge in [-0.25, -0.2) is 9.07 Å². The van der Waals surface area contributed by atoms with Crippen LogP contribution in [-0.4, -0.2) is 20.6 Å². The van der Waals surface area contributed by atoms with Gasteiger partial charge in [0.1, 0.15) is 23.0 Å². The van der Waals surface area contributed by atoms with Crippen LogP contribution in [0.15, 0.2) is 94.9 Å². The van der Waals surface area contributed by atoms with Crippen LogP contribution in [0.2, 0.25) is 0 Å². The van der Waals surface area contributed by atoms with E-state index in [1.54, 1.807) is 47.2 Å². The molecule has 3 heterocycles. The molecule has 35 heavy (non-hydrogen) atoms. The van der Waals surface area contributed by atoms with Crippen LogP contribution in [0, 0.1) is 5.82 Å². The first kappa shape index (κ1) is 22.6. The number of halogens is 1. The molecular weight excluding hydrogens is 465 g/mol. The molecule has 0 N–H and O–H groups in total. The summed E-state index contributed by atoms with van der Waals surface area (Å²) < 4.78 is 27.2. The molecule has 0 saturated carbocycles. The highest BCUT2D eigenvalue weighted by molar-refractivity contribution is 7.12.